The van der Waals surface area contributed by atoms with Crippen LogP contribution in [0.5, 0.6) is 0 Å². The van der Waals surface area contributed by atoms with Crippen molar-refractivity contribution in [2.45, 2.75) is 46.5 Å². The quantitative estimate of drug-likeness (QED) is 0.765. The molecule has 4 rings (SSSR count). The van der Waals surface area contributed by atoms with E-state index >= 15 is 0 Å². The van der Waals surface area contributed by atoms with Crippen LogP contribution in [0.15, 0.2) is 16.8 Å². The third kappa shape index (κ3) is 4.33. The monoisotopic (exact) mass is 413 g/mol. The van der Waals surface area contributed by atoms with Crippen molar-refractivity contribution in [1.29, 1.82) is 0 Å². The van der Waals surface area contributed by atoms with Crippen molar-refractivity contribution in [2.24, 2.45) is 5.41 Å². The summed E-state index contributed by atoms with van der Waals surface area (Å²) < 4.78 is 11.0. The smallest absolute Gasteiger partial charge is 0.227 e. The van der Waals surface area contributed by atoms with Crippen LogP contribution >= 0.6 is 0 Å². The number of aromatic nitrogens is 3. The van der Waals surface area contributed by atoms with E-state index in [0.717, 1.165) is 61.9 Å². The fraction of sp³-hybridized carbons (Fsp3) is 0.636. The minimum atomic E-state index is -0.353. The molecule has 1 amide bonds. The van der Waals surface area contributed by atoms with Gasteiger partial charge in [-0.3, -0.25) is 4.79 Å². The number of carbonyl (C=O) groups excluding carboxylic acids is 1. The molecule has 0 saturated carbocycles. The molecule has 2 aromatic rings. The summed E-state index contributed by atoms with van der Waals surface area (Å²) in [4.78, 5) is 26.4. The molecule has 2 aliphatic heterocycles. The third-order valence-electron chi connectivity index (χ3n) is 5.80. The molecule has 0 atom stereocenters. The molecule has 2 fully saturated rings. The Labute approximate surface area is 177 Å². The molecular weight excluding hydrogens is 382 g/mol. The van der Waals surface area contributed by atoms with Crippen LogP contribution in [0.3, 0.4) is 0 Å². The Kier molecular flexibility index (Phi) is 5.77. The number of amides is 1. The van der Waals surface area contributed by atoms with Gasteiger partial charge in [0.1, 0.15) is 0 Å². The Morgan fingerprint density at radius 3 is 2.43 bits per heavy atom. The van der Waals surface area contributed by atoms with Gasteiger partial charge in [0.15, 0.2) is 5.76 Å². The molecule has 0 aromatic carbocycles. The van der Waals surface area contributed by atoms with Gasteiger partial charge in [0.25, 0.3) is 0 Å². The highest BCUT2D eigenvalue weighted by molar-refractivity contribution is 5.81. The molecule has 0 N–H and O–H groups in total. The molecule has 2 aromatic heterocycles. The second-order valence-corrected chi connectivity index (χ2v) is 9.22. The predicted octanol–water partition coefficient (Wildman–Crippen LogP) is 3.03. The average Bonchev–Trinajstić information content (AvgIpc) is 3.19. The standard InChI is InChI=1S/C22H31N5O3/c1-15-13-18(30-25-15)17-14-23-21(27-9-11-29-12-10-27)24-19(17)16-5-7-26(8-6-16)20(28)22(2,3)4/h13-14,16H,5-12H2,1-4H3. The Morgan fingerprint density at radius 2 is 1.83 bits per heavy atom. The van der Waals surface area contributed by atoms with Gasteiger partial charge in [-0.05, 0) is 19.8 Å². The number of ether oxygens (including phenoxy) is 1. The number of piperidine rings is 1. The van der Waals surface area contributed by atoms with Crippen LogP contribution in [0, 0.1) is 12.3 Å². The first kappa shape index (κ1) is 20.8. The zero-order valence-electron chi connectivity index (χ0n) is 18.3. The number of aryl methyl sites for hydroxylation is 1. The summed E-state index contributed by atoms with van der Waals surface area (Å²) in [7, 11) is 0. The highest BCUT2D eigenvalue weighted by Gasteiger charge is 2.32. The van der Waals surface area contributed by atoms with Crippen LogP contribution in [0.1, 0.15) is 50.9 Å². The Hall–Kier alpha value is -2.48. The van der Waals surface area contributed by atoms with Gasteiger partial charge in [0, 0.05) is 49.8 Å². The zero-order chi connectivity index (χ0) is 21.3. The predicted molar refractivity (Wildman–Crippen MR) is 113 cm³/mol. The van der Waals surface area contributed by atoms with Gasteiger partial charge in [-0.25, -0.2) is 9.97 Å². The minimum Gasteiger partial charge on any atom is -0.378 e. The minimum absolute atomic E-state index is 0.212. The largest absolute Gasteiger partial charge is 0.378 e. The van der Waals surface area contributed by atoms with Gasteiger partial charge in [0.05, 0.1) is 30.2 Å². The van der Waals surface area contributed by atoms with Gasteiger partial charge in [-0.1, -0.05) is 25.9 Å². The molecule has 2 aliphatic rings. The summed E-state index contributed by atoms with van der Waals surface area (Å²) in [5.41, 5.74) is 2.37. The summed E-state index contributed by atoms with van der Waals surface area (Å²) in [5.74, 6) is 1.90. The molecule has 0 aliphatic carbocycles. The molecule has 0 unspecified atom stereocenters. The fourth-order valence-corrected chi connectivity index (χ4v) is 4.12. The molecule has 0 radical (unpaired) electrons. The average molecular weight is 414 g/mol. The van der Waals surface area contributed by atoms with E-state index in [-0.39, 0.29) is 17.2 Å². The number of anilines is 1. The Morgan fingerprint density at radius 1 is 1.13 bits per heavy atom. The summed E-state index contributed by atoms with van der Waals surface area (Å²) in [6.45, 7) is 12.3. The first-order valence-corrected chi connectivity index (χ1v) is 10.8. The molecule has 30 heavy (non-hydrogen) atoms. The van der Waals surface area contributed by atoms with Gasteiger partial charge in [-0.2, -0.15) is 0 Å². The van der Waals surface area contributed by atoms with Crippen LogP contribution in [0.25, 0.3) is 11.3 Å². The summed E-state index contributed by atoms with van der Waals surface area (Å²) in [6, 6.07) is 1.93. The summed E-state index contributed by atoms with van der Waals surface area (Å²) in [6.07, 6.45) is 3.61. The molecule has 8 nitrogen and oxygen atoms in total. The lowest BCUT2D eigenvalue weighted by Gasteiger charge is -2.36. The number of rotatable bonds is 3. The summed E-state index contributed by atoms with van der Waals surface area (Å²) >= 11 is 0. The molecule has 162 valence electrons. The maximum atomic E-state index is 12.7. The maximum Gasteiger partial charge on any atom is 0.227 e. The van der Waals surface area contributed by atoms with E-state index in [1.54, 1.807) is 0 Å². The van der Waals surface area contributed by atoms with E-state index in [1.807, 2.05) is 44.9 Å². The van der Waals surface area contributed by atoms with E-state index in [1.165, 1.54) is 0 Å². The summed E-state index contributed by atoms with van der Waals surface area (Å²) in [5, 5.41) is 4.04. The number of hydrogen-bond acceptors (Lipinski definition) is 7. The highest BCUT2D eigenvalue weighted by Crippen LogP contribution is 2.36. The van der Waals surface area contributed by atoms with Crippen LogP contribution < -0.4 is 4.90 Å². The molecule has 0 spiro atoms. The number of carbonyl (C=O) groups is 1. The van der Waals surface area contributed by atoms with Gasteiger partial charge in [-0.15, -0.1) is 0 Å². The second-order valence-electron chi connectivity index (χ2n) is 9.22. The Bertz CT molecular complexity index is 890. The maximum absolute atomic E-state index is 12.7. The number of hydrogen-bond donors (Lipinski definition) is 0. The first-order chi connectivity index (χ1) is 14.3. The molecule has 8 heteroatoms. The number of nitrogens with zero attached hydrogens (tertiary/aromatic N) is 5. The molecule has 2 saturated heterocycles. The fourth-order valence-electron chi connectivity index (χ4n) is 4.12. The van der Waals surface area contributed by atoms with Crippen molar-refractivity contribution in [3.05, 3.63) is 23.7 Å². The molecule has 4 heterocycles. The van der Waals surface area contributed by atoms with Gasteiger partial charge in [0.2, 0.25) is 11.9 Å². The lowest BCUT2D eigenvalue weighted by Crippen LogP contribution is -2.44. The zero-order valence-corrected chi connectivity index (χ0v) is 18.3. The number of morpholine rings is 1. The third-order valence-corrected chi connectivity index (χ3v) is 5.80. The van der Waals surface area contributed by atoms with Crippen molar-refractivity contribution in [3.8, 4) is 11.3 Å². The lowest BCUT2D eigenvalue weighted by atomic mass is 9.88. The van der Waals surface area contributed by atoms with Crippen LogP contribution in [0.2, 0.25) is 0 Å². The van der Waals surface area contributed by atoms with Crippen molar-refractivity contribution in [2.75, 3.05) is 44.3 Å². The second kappa shape index (κ2) is 8.34. The van der Waals surface area contributed by atoms with Crippen LogP contribution in [-0.2, 0) is 9.53 Å². The lowest BCUT2D eigenvalue weighted by molar-refractivity contribution is -0.140. The van der Waals surface area contributed by atoms with Gasteiger partial charge < -0.3 is 19.1 Å². The van der Waals surface area contributed by atoms with Crippen molar-refractivity contribution < 1.29 is 14.1 Å². The number of likely N-dealkylation sites (tertiary alicyclic amines) is 1. The van der Waals surface area contributed by atoms with Crippen LogP contribution in [0.4, 0.5) is 5.95 Å². The van der Waals surface area contributed by atoms with Gasteiger partial charge >= 0.3 is 0 Å². The van der Waals surface area contributed by atoms with E-state index in [0.29, 0.717) is 19.0 Å². The molecular formula is C22H31N5O3. The topological polar surface area (TPSA) is 84.6 Å². The van der Waals surface area contributed by atoms with Crippen molar-refractivity contribution in [3.63, 3.8) is 0 Å². The highest BCUT2D eigenvalue weighted by atomic mass is 16.5. The van der Waals surface area contributed by atoms with E-state index < -0.39 is 0 Å². The normalized spacial score (nSPS) is 18.7. The first-order valence-electron chi connectivity index (χ1n) is 10.8. The van der Waals surface area contributed by atoms with Crippen LogP contribution in [-0.4, -0.2) is 65.3 Å². The van der Waals surface area contributed by atoms with E-state index in [9.17, 15) is 4.79 Å². The van der Waals surface area contributed by atoms with Crippen molar-refractivity contribution in [1.82, 2.24) is 20.0 Å². The van der Waals surface area contributed by atoms with Crippen molar-refractivity contribution >= 4 is 11.9 Å². The molecule has 0 bridgehead atoms. The van der Waals surface area contributed by atoms with E-state index in [4.69, 9.17) is 14.2 Å². The Balaban J connectivity index is 1.60. The SMILES string of the molecule is Cc1cc(-c2cnc(N3CCOCC3)nc2C2CCN(C(=O)C(C)(C)C)CC2)on1. The van der Waals surface area contributed by atoms with E-state index in [2.05, 4.69) is 15.0 Å².